The van der Waals surface area contributed by atoms with E-state index >= 15 is 0 Å². The minimum atomic E-state index is -0.115. The molecule has 0 aromatic heterocycles. The first-order chi connectivity index (χ1) is 7.22. The third kappa shape index (κ3) is 1.90. The molecule has 84 valence electrons. The van der Waals surface area contributed by atoms with Crippen LogP contribution in [-0.4, -0.2) is 67.6 Å². The average molecular weight is 212 g/mol. The molecule has 6 heteroatoms. The Hall–Kier alpha value is -1.30. The lowest BCUT2D eigenvalue weighted by atomic mass is 10.2. The van der Waals surface area contributed by atoms with E-state index in [2.05, 4.69) is 10.6 Å². The lowest BCUT2D eigenvalue weighted by Gasteiger charge is -2.28. The second-order valence-corrected chi connectivity index (χ2v) is 3.89. The minimum Gasteiger partial charge on any atom is -0.358 e. The van der Waals surface area contributed by atoms with Gasteiger partial charge in [-0.2, -0.15) is 0 Å². The predicted octanol–water partition coefficient (Wildman–Crippen LogP) is -1.56. The van der Waals surface area contributed by atoms with Gasteiger partial charge in [0.05, 0.1) is 6.04 Å². The molecular weight excluding hydrogens is 196 g/mol. The summed E-state index contributed by atoms with van der Waals surface area (Å²) in [6.07, 6.45) is 0. The van der Waals surface area contributed by atoms with Crippen molar-refractivity contribution < 1.29 is 9.59 Å². The van der Waals surface area contributed by atoms with Crippen molar-refractivity contribution in [2.75, 3.05) is 39.8 Å². The summed E-state index contributed by atoms with van der Waals surface area (Å²) in [6.45, 7) is 3.24. The van der Waals surface area contributed by atoms with Crippen LogP contribution >= 0.6 is 0 Å². The van der Waals surface area contributed by atoms with Crippen LogP contribution in [0.1, 0.15) is 0 Å². The predicted molar refractivity (Wildman–Crippen MR) is 54.4 cm³/mol. The van der Waals surface area contributed by atoms with Crippen LogP contribution in [-0.2, 0) is 4.79 Å². The molecule has 0 aliphatic carbocycles. The van der Waals surface area contributed by atoms with E-state index < -0.39 is 0 Å². The number of urea groups is 1. The molecule has 2 N–H and O–H groups in total. The molecule has 1 unspecified atom stereocenters. The van der Waals surface area contributed by atoms with Crippen molar-refractivity contribution >= 4 is 11.9 Å². The summed E-state index contributed by atoms with van der Waals surface area (Å²) in [4.78, 5) is 26.5. The highest BCUT2D eigenvalue weighted by atomic mass is 16.2. The summed E-state index contributed by atoms with van der Waals surface area (Å²) in [5.41, 5.74) is 0. The lowest BCUT2D eigenvalue weighted by molar-refractivity contribution is -0.121. The van der Waals surface area contributed by atoms with Crippen molar-refractivity contribution in [2.24, 2.45) is 0 Å². The van der Waals surface area contributed by atoms with Gasteiger partial charge in [0.1, 0.15) is 6.54 Å². The number of rotatable bonds is 2. The van der Waals surface area contributed by atoms with E-state index in [1.807, 2.05) is 4.90 Å². The maximum Gasteiger partial charge on any atom is 0.320 e. The Morgan fingerprint density at radius 2 is 2.47 bits per heavy atom. The summed E-state index contributed by atoms with van der Waals surface area (Å²) in [7, 11) is 1.58. The Kier molecular flexibility index (Phi) is 2.77. The Bertz CT molecular complexity index is 281. The number of hydrogen-bond donors (Lipinski definition) is 2. The first kappa shape index (κ1) is 10.2. The number of carbonyl (C=O) groups is 2. The molecule has 0 spiro atoms. The molecule has 0 aromatic rings. The van der Waals surface area contributed by atoms with Gasteiger partial charge in [0.15, 0.2) is 0 Å². The second kappa shape index (κ2) is 4.06. The van der Waals surface area contributed by atoms with E-state index in [1.54, 1.807) is 11.9 Å². The molecule has 2 aliphatic heterocycles. The third-order valence-corrected chi connectivity index (χ3v) is 2.91. The fourth-order valence-corrected chi connectivity index (χ4v) is 2.07. The Labute approximate surface area is 88.6 Å². The van der Waals surface area contributed by atoms with Gasteiger partial charge in [-0.15, -0.1) is 0 Å². The topological polar surface area (TPSA) is 64.7 Å². The summed E-state index contributed by atoms with van der Waals surface area (Å²) >= 11 is 0. The minimum absolute atomic E-state index is 0.00917. The highest BCUT2D eigenvalue weighted by Gasteiger charge is 2.38. The lowest BCUT2D eigenvalue weighted by Crippen LogP contribution is -2.50. The van der Waals surface area contributed by atoms with Crippen molar-refractivity contribution in [1.29, 1.82) is 0 Å². The van der Waals surface area contributed by atoms with E-state index in [4.69, 9.17) is 0 Å². The molecule has 2 fully saturated rings. The van der Waals surface area contributed by atoms with Gasteiger partial charge in [-0.25, -0.2) is 4.79 Å². The zero-order valence-electron chi connectivity index (χ0n) is 8.82. The molecule has 15 heavy (non-hydrogen) atoms. The van der Waals surface area contributed by atoms with E-state index in [0.717, 1.165) is 19.6 Å². The molecule has 0 radical (unpaired) electrons. The van der Waals surface area contributed by atoms with Gasteiger partial charge in [0.2, 0.25) is 5.91 Å². The Morgan fingerprint density at radius 1 is 1.67 bits per heavy atom. The van der Waals surface area contributed by atoms with Crippen LogP contribution in [0.3, 0.4) is 0 Å². The van der Waals surface area contributed by atoms with E-state index in [9.17, 15) is 9.59 Å². The monoisotopic (exact) mass is 212 g/mol. The van der Waals surface area contributed by atoms with Gasteiger partial charge < -0.3 is 20.4 Å². The number of likely N-dealkylation sites (N-methyl/N-ethyl adjacent to an activating group) is 1. The largest absolute Gasteiger partial charge is 0.358 e. The van der Waals surface area contributed by atoms with Crippen LogP contribution in [0.15, 0.2) is 0 Å². The van der Waals surface area contributed by atoms with Crippen molar-refractivity contribution in [1.82, 2.24) is 20.4 Å². The van der Waals surface area contributed by atoms with Crippen LogP contribution in [0.2, 0.25) is 0 Å². The fraction of sp³-hybridized carbons (Fsp3) is 0.778. The second-order valence-electron chi connectivity index (χ2n) is 3.89. The summed E-state index contributed by atoms with van der Waals surface area (Å²) < 4.78 is 0. The van der Waals surface area contributed by atoms with Crippen molar-refractivity contribution in [3.8, 4) is 0 Å². The number of piperazine rings is 1. The maximum absolute atomic E-state index is 11.8. The molecule has 2 rings (SSSR count). The first-order valence-electron chi connectivity index (χ1n) is 5.19. The van der Waals surface area contributed by atoms with E-state index in [1.165, 1.54) is 0 Å². The Balaban J connectivity index is 1.98. The van der Waals surface area contributed by atoms with Gasteiger partial charge in [0.25, 0.3) is 0 Å². The van der Waals surface area contributed by atoms with Crippen molar-refractivity contribution in [3.05, 3.63) is 0 Å². The van der Waals surface area contributed by atoms with Gasteiger partial charge in [-0.05, 0) is 0 Å². The number of nitrogens with zero attached hydrogens (tertiary/aromatic N) is 2. The van der Waals surface area contributed by atoms with Crippen LogP contribution in [0.5, 0.6) is 0 Å². The van der Waals surface area contributed by atoms with Crippen molar-refractivity contribution in [2.45, 2.75) is 6.04 Å². The highest BCUT2D eigenvalue weighted by molar-refractivity contribution is 5.85. The number of carbonyl (C=O) groups excluding carboxylic acids is 2. The molecule has 0 saturated carbocycles. The normalized spacial score (nSPS) is 25.4. The number of amides is 3. The Morgan fingerprint density at radius 3 is 3.13 bits per heavy atom. The molecule has 2 heterocycles. The van der Waals surface area contributed by atoms with Crippen LogP contribution in [0, 0.1) is 0 Å². The number of fused-ring (bicyclic) bond motifs is 1. The van der Waals surface area contributed by atoms with Crippen LogP contribution in [0.25, 0.3) is 0 Å². The molecule has 0 bridgehead atoms. The number of hydrogen-bond acceptors (Lipinski definition) is 3. The van der Waals surface area contributed by atoms with Crippen LogP contribution in [0.4, 0.5) is 4.79 Å². The van der Waals surface area contributed by atoms with Gasteiger partial charge in [-0.3, -0.25) is 4.79 Å². The van der Waals surface area contributed by atoms with E-state index in [0.29, 0.717) is 6.54 Å². The molecule has 2 saturated heterocycles. The SMILES string of the molecule is CNC(=O)CN1CC2CNCCN2C1=O. The van der Waals surface area contributed by atoms with E-state index in [-0.39, 0.29) is 24.5 Å². The zero-order valence-corrected chi connectivity index (χ0v) is 8.82. The van der Waals surface area contributed by atoms with Crippen LogP contribution < -0.4 is 10.6 Å². The summed E-state index contributed by atoms with van der Waals surface area (Å²) in [5.74, 6) is -0.115. The molecular formula is C9H16N4O2. The van der Waals surface area contributed by atoms with Gasteiger partial charge >= 0.3 is 6.03 Å². The zero-order chi connectivity index (χ0) is 10.8. The highest BCUT2D eigenvalue weighted by Crippen LogP contribution is 2.16. The molecule has 2 aliphatic rings. The first-order valence-corrected chi connectivity index (χ1v) is 5.19. The molecule has 0 aromatic carbocycles. The smallest absolute Gasteiger partial charge is 0.320 e. The van der Waals surface area contributed by atoms with Crippen molar-refractivity contribution in [3.63, 3.8) is 0 Å². The fourth-order valence-electron chi connectivity index (χ4n) is 2.07. The van der Waals surface area contributed by atoms with Gasteiger partial charge in [0, 0.05) is 33.2 Å². The molecule has 3 amide bonds. The molecule has 1 atom stereocenters. The van der Waals surface area contributed by atoms with Gasteiger partial charge in [-0.1, -0.05) is 0 Å². The quantitative estimate of drug-likeness (QED) is 0.582. The third-order valence-electron chi connectivity index (χ3n) is 2.91. The molecule has 6 nitrogen and oxygen atoms in total. The standard InChI is InChI=1S/C9H16N4O2/c1-10-8(14)6-12-5-7-4-11-2-3-13(7)9(12)15/h7,11H,2-6H2,1H3,(H,10,14). The number of nitrogens with one attached hydrogen (secondary N) is 2. The average Bonchev–Trinajstić information content (AvgIpc) is 2.57. The summed E-state index contributed by atoms with van der Waals surface area (Å²) in [6, 6.07) is 0.223. The summed E-state index contributed by atoms with van der Waals surface area (Å²) in [5, 5.41) is 5.77. The maximum atomic E-state index is 11.8.